The number of hydrogen-bond donors (Lipinski definition) is 0. The summed E-state index contributed by atoms with van der Waals surface area (Å²) in [5.74, 6) is 2.49. The summed E-state index contributed by atoms with van der Waals surface area (Å²) in [7, 11) is 7.86. The van der Waals surface area contributed by atoms with Gasteiger partial charge in [-0.05, 0) is 48.2 Å². The molecule has 1 aliphatic rings. The molecule has 3 rings (SSSR count). The Morgan fingerprint density at radius 1 is 0.647 bits per heavy atom. The number of hydrogen-bond acceptors (Lipinski definition) is 4. The van der Waals surface area contributed by atoms with Crippen molar-refractivity contribution in [2.24, 2.45) is 21.8 Å². The van der Waals surface area contributed by atoms with Crippen molar-refractivity contribution in [2.45, 2.75) is 40.5 Å². The van der Waals surface area contributed by atoms with E-state index in [1.807, 2.05) is 50.1 Å². The van der Waals surface area contributed by atoms with Crippen LogP contribution in [0.15, 0.2) is 46.4 Å². The van der Waals surface area contributed by atoms with Crippen LogP contribution in [0.25, 0.3) is 0 Å². The lowest BCUT2D eigenvalue weighted by Gasteiger charge is -2.20. The van der Waals surface area contributed by atoms with Gasteiger partial charge in [0.1, 0.15) is 11.7 Å². The highest BCUT2D eigenvalue weighted by molar-refractivity contribution is 6.28. The minimum absolute atomic E-state index is 0.151. The lowest BCUT2D eigenvalue weighted by Crippen LogP contribution is -2.24. The first kappa shape index (κ1) is 25.3. The van der Waals surface area contributed by atoms with E-state index in [0.29, 0.717) is 45.5 Å². The van der Waals surface area contributed by atoms with Gasteiger partial charge in [-0.1, -0.05) is 27.7 Å². The van der Waals surface area contributed by atoms with E-state index < -0.39 is 0 Å². The second-order valence-electron chi connectivity index (χ2n) is 10.2. The fourth-order valence-corrected chi connectivity index (χ4v) is 3.95. The van der Waals surface area contributed by atoms with E-state index in [4.69, 9.17) is 9.98 Å². The topological polar surface area (TPSA) is 65.3 Å². The van der Waals surface area contributed by atoms with Gasteiger partial charge >= 0.3 is 0 Å². The molecule has 0 aromatic heterocycles. The Morgan fingerprint density at radius 3 is 1.29 bits per heavy atom. The number of fused-ring (bicyclic) bond motifs is 2. The monoisotopic (exact) mass is 460 g/mol. The quantitative estimate of drug-likeness (QED) is 0.348. The lowest BCUT2D eigenvalue weighted by atomic mass is 9.83. The molecule has 0 atom stereocenters. The van der Waals surface area contributed by atoms with Gasteiger partial charge < -0.3 is 9.80 Å². The molecule has 0 unspecified atom stereocenters. The third kappa shape index (κ3) is 5.61. The van der Waals surface area contributed by atoms with E-state index in [9.17, 15) is 9.59 Å². The van der Waals surface area contributed by atoms with E-state index in [1.54, 1.807) is 24.3 Å². The molecule has 0 fully saturated rings. The van der Waals surface area contributed by atoms with Gasteiger partial charge in [0.2, 0.25) is 0 Å². The van der Waals surface area contributed by atoms with Crippen molar-refractivity contribution in [3.05, 3.63) is 58.7 Å². The highest BCUT2D eigenvalue weighted by Gasteiger charge is 2.30. The molecule has 6 nitrogen and oxygen atoms in total. The molecule has 180 valence electrons. The number of benzene rings is 2. The first-order valence-electron chi connectivity index (χ1n) is 11.8. The van der Waals surface area contributed by atoms with Crippen molar-refractivity contribution in [2.75, 3.05) is 28.2 Å². The maximum Gasteiger partial charge on any atom is 0.194 e. The van der Waals surface area contributed by atoms with Gasteiger partial charge in [0.25, 0.3) is 0 Å². The largest absolute Gasteiger partial charge is 0.366 e. The first-order valence-corrected chi connectivity index (χ1v) is 11.8. The standard InChI is InChI=1S/C28H36N4O2/c1-17(2)13-25(31(5)6)29-19-9-11-21-23(15-19)27(33)22-12-10-20(16-24(22)28(21)34)30-26(32(7)8)14-18(3)4/h9-12,15-18H,13-14H2,1-8H3. The van der Waals surface area contributed by atoms with Gasteiger partial charge in [-0.15, -0.1) is 0 Å². The second-order valence-corrected chi connectivity index (χ2v) is 10.2. The Morgan fingerprint density at radius 2 is 1.00 bits per heavy atom. The van der Waals surface area contributed by atoms with Crippen molar-refractivity contribution >= 4 is 34.6 Å². The maximum absolute atomic E-state index is 13.3. The number of aliphatic imine (C=N–C) groups is 2. The molecule has 0 spiro atoms. The Hall–Kier alpha value is -3.28. The van der Waals surface area contributed by atoms with Crippen LogP contribution in [0.2, 0.25) is 0 Å². The van der Waals surface area contributed by atoms with E-state index in [-0.39, 0.29) is 11.6 Å². The smallest absolute Gasteiger partial charge is 0.194 e. The van der Waals surface area contributed by atoms with Crippen LogP contribution in [0.5, 0.6) is 0 Å². The molecule has 1 aliphatic carbocycles. The fourth-order valence-electron chi connectivity index (χ4n) is 3.95. The Balaban J connectivity index is 2.00. The number of carbonyl (C=O) groups excluding carboxylic acids is 2. The summed E-state index contributed by atoms with van der Waals surface area (Å²) in [4.78, 5) is 40.2. The molecule has 0 amide bonds. The summed E-state index contributed by atoms with van der Waals surface area (Å²) in [6.45, 7) is 8.59. The van der Waals surface area contributed by atoms with Gasteiger partial charge in [-0.2, -0.15) is 0 Å². The SMILES string of the molecule is CC(C)CC(=Nc1ccc2c(c1)C(=O)c1ccc(N=C(CC(C)C)N(C)C)cc1C2=O)N(C)C. The molecular weight excluding hydrogens is 424 g/mol. The zero-order chi connectivity index (χ0) is 25.2. The second kappa shape index (κ2) is 10.3. The summed E-state index contributed by atoms with van der Waals surface area (Å²) >= 11 is 0. The van der Waals surface area contributed by atoms with Crippen molar-refractivity contribution in [3.63, 3.8) is 0 Å². The van der Waals surface area contributed by atoms with Crippen LogP contribution in [0.3, 0.4) is 0 Å². The molecule has 0 saturated carbocycles. The zero-order valence-corrected chi connectivity index (χ0v) is 21.6. The number of rotatable bonds is 6. The predicted molar refractivity (Wildman–Crippen MR) is 140 cm³/mol. The minimum Gasteiger partial charge on any atom is -0.366 e. The zero-order valence-electron chi connectivity index (χ0n) is 21.6. The molecule has 0 radical (unpaired) electrons. The highest BCUT2D eigenvalue weighted by atomic mass is 16.1. The molecule has 0 N–H and O–H groups in total. The van der Waals surface area contributed by atoms with Crippen LogP contribution in [-0.2, 0) is 0 Å². The summed E-state index contributed by atoms with van der Waals surface area (Å²) in [5, 5.41) is 0. The maximum atomic E-state index is 13.3. The van der Waals surface area contributed by atoms with Crippen molar-refractivity contribution in [1.29, 1.82) is 0 Å². The Kier molecular flexibility index (Phi) is 7.70. The van der Waals surface area contributed by atoms with E-state index in [0.717, 1.165) is 24.5 Å². The summed E-state index contributed by atoms with van der Waals surface area (Å²) < 4.78 is 0. The van der Waals surface area contributed by atoms with Gasteiger partial charge in [0.05, 0.1) is 11.4 Å². The lowest BCUT2D eigenvalue weighted by molar-refractivity contribution is 0.0979. The van der Waals surface area contributed by atoms with Gasteiger partial charge in [-0.3, -0.25) is 9.59 Å². The number of nitrogens with zero attached hydrogens (tertiary/aromatic N) is 4. The summed E-state index contributed by atoms with van der Waals surface area (Å²) in [6, 6.07) is 10.5. The molecule has 0 aliphatic heterocycles. The van der Waals surface area contributed by atoms with Crippen molar-refractivity contribution in [3.8, 4) is 0 Å². The summed E-state index contributed by atoms with van der Waals surface area (Å²) in [5.41, 5.74) is 3.01. The van der Waals surface area contributed by atoms with Crippen molar-refractivity contribution in [1.82, 2.24) is 9.80 Å². The Labute approximate surface area is 203 Å². The minimum atomic E-state index is -0.151. The van der Waals surface area contributed by atoms with E-state index in [2.05, 4.69) is 27.7 Å². The van der Waals surface area contributed by atoms with Crippen LogP contribution in [-0.4, -0.2) is 61.2 Å². The molecule has 0 heterocycles. The van der Waals surface area contributed by atoms with Crippen molar-refractivity contribution < 1.29 is 9.59 Å². The fraction of sp³-hybridized carbons (Fsp3) is 0.429. The van der Waals surface area contributed by atoms with Crippen LogP contribution in [0.1, 0.15) is 72.4 Å². The van der Waals surface area contributed by atoms with E-state index in [1.165, 1.54) is 0 Å². The average molecular weight is 461 g/mol. The van der Waals surface area contributed by atoms with Gasteiger partial charge in [0.15, 0.2) is 11.6 Å². The molecule has 0 saturated heterocycles. The van der Waals surface area contributed by atoms with Gasteiger partial charge in [0, 0.05) is 63.3 Å². The third-order valence-electron chi connectivity index (χ3n) is 5.72. The van der Waals surface area contributed by atoms with Crippen LogP contribution in [0.4, 0.5) is 11.4 Å². The highest BCUT2D eigenvalue weighted by Crippen LogP contribution is 2.32. The molecule has 2 aromatic rings. The van der Waals surface area contributed by atoms with Crippen LogP contribution < -0.4 is 0 Å². The Bertz CT molecular complexity index is 1070. The third-order valence-corrected chi connectivity index (χ3v) is 5.72. The van der Waals surface area contributed by atoms with Gasteiger partial charge in [-0.25, -0.2) is 9.98 Å². The molecule has 6 heteroatoms. The van der Waals surface area contributed by atoms with Crippen LogP contribution >= 0.6 is 0 Å². The molecular formula is C28H36N4O2. The number of carbonyl (C=O) groups is 2. The summed E-state index contributed by atoms with van der Waals surface area (Å²) in [6.07, 6.45) is 1.66. The van der Waals surface area contributed by atoms with E-state index >= 15 is 0 Å². The predicted octanol–water partition coefficient (Wildman–Crippen LogP) is 5.74. The first-order chi connectivity index (χ1) is 16.0. The molecule has 34 heavy (non-hydrogen) atoms. The van der Waals surface area contributed by atoms with Crippen LogP contribution in [0, 0.1) is 11.8 Å². The normalized spacial score (nSPS) is 13.9. The molecule has 2 aromatic carbocycles. The number of ketones is 2. The number of amidine groups is 2. The average Bonchev–Trinajstić information content (AvgIpc) is 2.75. The molecule has 0 bridgehead atoms.